The molecule has 1 aliphatic carbocycles. The molecule has 2 rings (SSSR count). The summed E-state index contributed by atoms with van der Waals surface area (Å²) in [5, 5.41) is 29.7. The van der Waals surface area contributed by atoms with E-state index in [9.17, 15) is 15.0 Å². The van der Waals surface area contributed by atoms with Gasteiger partial charge in [0.2, 0.25) is 0 Å². The molecule has 0 radical (unpaired) electrons. The van der Waals surface area contributed by atoms with Gasteiger partial charge in [-0.3, -0.25) is 4.79 Å². The van der Waals surface area contributed by atoms with Crippen molar-refractivity contribution in [1.82, 2.24) is 0 Å². The average Bonchev–Trinajstić information content (AvgIpc) is 3.06. The fourth-order valence-corrected chi connectivity index (χ4v) is 4.38. The lowest BCUT2D eigenvalue weighted by Crippen LogP contribution is -2.50. The van der Waals surface area contributed by atoms with Crippen LogP contribution in [0.5, 0.6) is 0 Å². The number of rotatable bonds is 7. The molecule has 25 heavy (non-hydrogen) atoms. The van der Waals surface area contributed by atoms with Crippen molar-refractivity contribution in [1.29, 1.82) is 0 Å². The van der Waals surface area contributed by atoms with Gasteiger partial charge in [0.15, 0.2) is 0 Å². The number of aliphatic hydroxyl groups excluding tert-OH is 1. The Morgan fingerprint density at radius 2 is 1.88 bits per heavy atom. The van der Waals surface area contributed by atoms with Gasteiger partial charge >= 0.3 is 5.97 Å². The van der Waals surface area contributed by atoms with Gasteiger partial charge in [-0.15, -0.1) is 0 Å². The van der Waals surface area contributed by atoms with Crippen LogP contribution in [0.4, 0.5) is 0 Å². The van der Waals surface area contributed by atoms with Crippen molar-refractivity contribution >= 4 is 5.97 Å². The van der Waals surface area contributed by atoms with E-state index in [4.69, 9.17) is 14.6 Å². The summed E-state index contributed by atoms with van der Waals surface area (Å²) in [7, 11) is 0. The van der Waals surface area contributed by atoms with Gasteiger partial charge in [0.1, 0.15) is 0 Å². The molecule has 6 nitrogen and oxygen atoms in total. The van der Waals surface area contributed by atoms with Crippen molar-refractivity contribution < 1.29 is 29.6 Å². The van der Waals surface area contributed by atoms with Crippen molar-refractivity contribution in [2.75, 3.05) is 0 Å². The van der Waals surface area contributed by atoms with E-state index in [1.807, 2.05) is 0 Å². The number of aliphatic hydroxyl groups is 2. The second-order valence-electron chi connectivity index (χ2n) is 8.30. The summed E-state index contributed by atoms with van der Waals surface area (Å²) in [4.78, 5) is 10.8. The van der Waals surface area contributed by atoms with Crippen LogP contribution < -0.4 is 0 Å². The van der Waals surface area contributed by atoms with Gasteiger partial charge in [0, 0.05) is 5.92 Å². The average molecular weight is 358 g/mol. The van der Waals surface area contributed by atoms with Gasteiger partial charge in [0.25, 0.3) is 0 Å². The summed E-state index contributed by atoms with van der Waals surface area (Å²) in [5.74, 6) is -1.02. The van der Waals surface area contributed by atoms with Crippen LogP contribution in [-0.2, 0) is 14.3 Å². The minimum atomic E-state index is -1.05. The summed E-state index contributed by atoms with van der Waals surface area (Å²) < 4.78 is 12.4. The van der Waals surface area contributed by atoms with Crippen LogP contribution in [0.3, 0.4) is 0 Å². The zero-order valence-electron chi connectivity index (χ0n) is 16.2. The summed E-state index contributed by atoms with van der Waals surface area (Å²) in [6.45, 7) is 11.9. The van der Waals surface area contributed by atoms with E-state index in [0.29, 0.717) is 11.8 Å². The SMILES string of the molecule is CC[C@@H]1O[C@H](C)C(C)C(C)[C@@H]1O[C@@H]1[C@H](C(C)[C@H](O)CC(=O)O)C1(C)O. The van der Waals surface area contributed by atoms with Gasteiger partial charge in [-0.2, -0.15) is 0 Å². The van der Waals surface area contributed by atoms with Crippen LogP contribution in [0.1, 0.15) is 54.4 Å². The number of hydrogen-bond donors (Lipinski definition) is 3. The van der Waals surface area contributed by atoms with Crippen LogP contribution in [0.15, 0.2) is 0 Å². The Morgan fingerprint density at radius 1 is 1.28 bits per heavy atom. The maximum absolute atomic E-state index is 10.8. The molecule has 1 heterocycles. The maximum atomic E-state index is 10.8. The molecule has 10 atom stereocenters. The highest BCUT2D eigenvalue weighted by molar-refractivity contribution is 5.67. The molecule has 2 fully saturated rings. The van der Waals surface area contributed by atoms with Crippen LogP contribution >= 0.6 is 0 Å². The number of aliphatic carboxylic acids is 1. The maximum Gasteiger partial charge on any atom is 0.305 e. The van der Waals surface area contributed by atoms with Gasteiger partial charge in [0.05, 0.1) is 42.5 Å². The van der Waals surface area contributed by atoms with Gasteiger partial charge < -0.3 is 24.8 Å². The normalized spacial score (nSPS) is 46.5. The topological polar surface area (TPSA) is 96.2 Å². The summed E-state index contributed by atoms with van der Waals surface area (Å²) in [6, 6.07) is 0. The number of carboxylic acid groups (broad SMARTS) is 1. The molecule has 1 saturated carbocycles. The smallest absolute Gasteiger partial charge is 0.305 e. The predicted molar refractivity (Wildman–Crippen MR) is 93.2 cm³/mol. The van der Waals surface area contributed by atoms with Crippen molar-refractivity contribution in [2.24, 2.45) is 23.7 Å². The fraction of sp³-hybridized carbons (Fsp3) is 0.947. The summed E-state index contributed by atoms with van der Waals surface area (Å²) in [5.41, 5.74) is -1.05. The Hall–Kier alpha value is -0.690. The monoisotopic (exact) mass is 358 g/mol. The molecule has 1 aliphatic heterocycles. The number of carboxylic acids is 1. The number of hydrogen-bond acceptors (Lipinski definition) is 5. The molecule has 146 valence electrons. The predicted octanol–water partition coefficient (Wildman–Crippen LogP) is 2.06. The second kappa shape index (κ2) is 7.51. The molecule has 0 bridgehead atoms. The van der Waals surface area contributed by atoms with E-state index in [0.717, 1.165) is 6.42 Å². The Labute approximate surface area is 150 Å². The lowest BCUT2D eigenvalue weighted by Gasteiger charge is -2.43. The van der Waals surface area contributed by atoms with Gasteiger partial charge in [-0.25, -0.2) is 0 Å². The second-order valence-corrected chi connectivity index (χ2v) is 8.30. The van der Waals surface area contributed by atoms with Crippen LogP contribution in [0.25, 0.3) is 0 Å². The largest absolute Gasteiger partial charge is 0.481 e. The molecular formula is C19H34O6. The van der Waals surface area contributed by atoms with E-state index in [2.05, 4.69) is 27.7 Å². The first-order valence-corrected chi connectivity index (χ1v) is 9.45. The van der Waals surface area contributed by atoms with Crippen LogP contribution in [-0.4, -0.2) is 57.4 Å². The minimum absolute atomic E-state index is 0.0162. The Balaban J connectivity index is 2.07. The lowest BCUT2D eigenvalue weighted by atomic mass is 9.81. The molecule has 4 unspecified atom stereocenters. The molecule has 0 aromatic heterocycles. The molecule has 2 aliphatic rings. The third-order valence-corrected chi connectivity index (χ3v) is 6.58. The molecule has 6 heteroatoms. The van der Waals surface area contributed by atoms with Gasteiger partial charge in [-0.05, 0) is 38.0 Å². The quantitative estimate of drug-likeness (QED) is 0.645. The van der Waals surface area contributed by atoms with E-state index in [1.165, 1.54) is 0 Å². The Kier molecular flexibility index (Phi) is 6.19. The van der Waals surface area contributed by atoms with Crippen molar-refractivity contribution in [2.45, 2.75) is 90.5 Å². The molecule has 0 amide bonds. The zero-order valence-corrected chi connectivity index (χ0v) is 16.2. The minimum Gasteiger partial charge on any atom is -0.481 e. The molecule has 1 saturated heterocycles. The van der Waals surface area contributed by atoms with Crippen molar-refractivity contribution in [3.63, 3.8) is 0 Å². The summed E-state index contributed by atoms with van der Waals surface area (Å²) in [6.07, 6.45) is -0.844. The van der Waals surface area contributed by atoms with E-state index in [1.54, 1.807) is 13.8 Å². The first-order valence-electron chi connectivity index (χ1n) is 9.45. The van der Waals surface area contributed by atoms with Gasteiger partial charge in [-0.1, -0.05) is 27.7 Å². The summed E-state index contributed by atoms with van der Waals surface area (Å²) >= 11 is 0. The number of carbonyl (C=O) groups is 1. The third kappa shape index (κ3) is 4.02. The zero-order chi connectivity index (χ0) is 19.1. The fourth-order valence-electron chi connectivity index (χ4n) is 4.38. The first kappa shape index (κ1) is 20.6. The van der Waals surface area contributed by atoms with Crippen molar-refractivity contribution in [3.8, 4) is 0 Å². The Bertz CT molecular complexity index is 477. The molecule has 3 N–H and O–H groups in total. The van der Waals surface area contributed by atoms with E-state index < -0.39 is 23.8 Å². The van der Waals surface area contributed by atoms with Crippen LogP contribution in [0, 0.1) is 23.7 Å². The highest BCUT2D eigenvalue weighted by atomic mass is 16.6. The first-order chi connectivity index (χ1) is 11.5. The molecule has 0 spiro atoms. The lowest BCUT2D eigenvalue weighted by molar-refractivity contribution is -0.192. The highest BCUT2D eigenvalue weighted by Gasteiger charge is 2.66. The van der Waals surface area contributed by atoms with Crippen LogP contribution in [0.2, 0.25) is 0 Å². The van der Waals surface area contributed by atoms with E-state index >= 15 is 0 Å². The standard InChI is InChI=1S/C19H34O6/c1-7-14-17(10(3)9(2)12(5)24-14)25-18-16(19(18,6)23)11(4)13(20)8-15(21)22/h9-14,16-18,20,23H,7-8H2,1-6H3,(H,21,22)/t9?,10?,11?,12-,13-,14+,16+,17+,18-,19?/m1/s1. The van der Waals surface area contributed by atoms with E-state index in [-0.39, 0.29) is 36.6 Å². The van der Waals surface area contributed by atoms with Crippen molar-refractivity contribution in [3.05, 3.63) is 0 Å². The Morgan fingerprint density at radius 3 is 2.40 bits per heavy atom. The molecule has 0 aromatic rings. The third-order valence-electron chi connectivity index (χ3n) is 6.58. The molecule has 0 aromatic carbocycles. The highest BCUT2D eigenvalue weighted by Crippen LogP contribution is 2.53. The molecular weight excluding hydrogens is 324 g/mol. The number of ether oxygens (including phenoxy) is 2.